The van der Waals surface area contributed by atoms with Crippen molar-refractivity contribution < 1.29 is 0 Å². The van der Waals surface area contributed by atoms with Crippen molar-refractivity contribution in [2.24, 2.45) is 11.8 Å². The van der Waals surface area contributed by atoms with E-state index in [1.165, 1.54) is 169 Å². The smallest absolute Gasteiger partial charge is 0.0366 e. The normalized spacial score (nSPS) is 11.9. The van der Waals surface area contributed by atoms with Gasteiger partial charge in [-0.05, 0) is 71.9 Å². The van der Waals surface area contributed by atoms with E-state index in [1.807, 2.05) is 0 Å². The summed E-state index contributed by atoms with van der Waals surface area (Å²) in [5, 5.41) is 0. The molecule has 0 saturated carbocycles. The second-order valence-corrected chi connectivity index (χ2v) is 15.4. The topological polar surface area (TPSA) is 3.24 Å². The van der Waals surface area contributed by atoms with Crippen molar-refractivity contribution in [2.45, 2.75) is 156 Å². The molecule has 0 aliphatic carbocycles. The Hall–Kier alpha value is -3.06. The van der Waals surface area contributed by atoms with Gasteiger partial charge in [0.15, 0.2) is 0 Å². The standard InChI is InChI=1S/C50H75N/c1-5-9-13-18-26-48(27-19-14-10-6-2)42-51(43-49(28-20-15-11-7-3)29-21-16-12-8-4)50-40-38-47(39-41-50)37-36-46-34-32-45(33-35-46)31-30-44-24-22-17-23-25-44/h17,22-25,30-41,48-49H,5-16,18-21,26-29,42-43H2,1-4H3/b31-30+,37-36+. The van der Waals surface area contributed by atoms with Gasteiger partial charge in [0.25, 0.3) is 0 Å². The Labute approximate surface area is 316 Å². The van der Waals surface area contributed by atoms with Crippen LogP contribution in [0.15, 0.2) is 78.9 Å². The summed E-state index contributed by atoms with van der Waals surface area (Å²) in [6, 6.07) is 28.9. The van der Waals surface area contributed by atoms with Gasteiger partial charge in [0.05, 0.1) is 0 Å². The highest BCUT2D eigenvalue weighted by atomic mass is 15.1. The van der Waals surface area contributed by atoms with E-state index in [1.54, 1.807) is 0 Å². The van der Waals surface area contributed by atoms with Gasteiger partial charge in [-0.3, -0.25) is 0 Å². The first-order valence-corrected chi connectivity index (χ1v) is 21.5. The molecule has 3 aromatic carbocycles. The van der Waals surface area contributed by atoms with E-state index in [2.05, 4.69) is 136 Å². The van der Waals surface area contributed by atoms with Gasteiger partial charge in [-0.25, -0.2) is 0 Å². The molecule has 0 unspecified atom stereocenters. The van der Waals surface area contributed by atoms with Gasteiger partial charge >= 0.3 is 0 Å². The van der Waals surface area contributed by atoms with Crippen molar-refractivity contribution in [3.8, 4) is 0 Å². The van der Waals surface area contributed by atoms with Gasteiger partial charge in [0.1, 0.15) is 0 Å². The van der Waals surface area contributed by atoms with Crippen LogP contribution in [0.1, 0.15) is 178 Å². The van der Waals surface area contributed by atoms with Gasteiger partial charge < -0.3 is 4.90 Å². The fraction of sp³-hybridized carbons (Fsp3) is 0.560. The lowest BCUT2D eigenvalue weighted by atomic mass is 9.91. The van der Waals surface area contributed by atoms with Gasteiger partial charge in [0.2, 0.25) is 0 Å². The highest BCUT2D eigenvalue weighted by molar-refractivity contribution is 5.73. The summed E-state index contributed by atoms with van der Waals surface area (Å²) in [5.41, 5.74) is 6.40. The van der Waals surface area contributed by atoms with E-state index in [4.69, 9.17) is 0 Å². The molecule has 0 atom stereocenters. The molecule has 0 bridgehead atoms. The zero-order valence-electron chi connectivity index (χ0n) is 33.5. The van der Waals surface area contributed by atoms with E-state index >= 15 is 0 Å². The van der Waals surface area contributed by atoms with E-state index in [9.17, 15) is 0 Å². The molecule has 0 heterocycles. The maximum absolute atomic E-state index is 2.84. The Balaban J connectivity index is 1.75. The van der Waals surface area contributed by atoms with Crippen LogP contribution in [0.2, 0.25) is 0 Å². The van der Waals surface area contributed by atoms with E-state index in [-0.39, 0.29) is 0 Å². The van der Waals surface area contributed by atoms with Crippen LogP contribution in [0.25, 0.3) is 24.3 Å². The highest BCUT2D eigenvalue weighted by Gasteiger charge is 2.19. The van der Waals surface area contributed by atoms with Crippen LogP contribution in [0.5, 0.6) is 0 Å². The molecule has 0 amide bonds. The summed E-state index contributed by atoms with van der Waals surface area (Å²) in [5.74, 6) is 1.59. The second-order valence-electron chi connectivity index (χ2n) is 15.4. The number of anilines is 1. The lowest BCUT2D eigenvalue weighted by molar-refractivity contribution is 0.368. The largest absolute Gasteiger partial charge is 0.371 e. The summed E-state index contributed by atoms with van der Waals surface area (Å²) < 4.78 is 0. The predicted octanol–water partition coefficient (Wildman–Crippen LogP) is 15.9. The minimum Gasteiger partial charge on any atom is -0.371 e. The summed E-state index contributed by atoms with van der Waals surface area (Å²) in [4.78, 5) is 2.84. The van der Waals surface area contributed by atoms with Gasteiger partial charge in [-0.2, -0.15) is 0 Å². The fourth-order valence-corrected chi connectivity index (χ4v) is 7.47. The third-order valence-corrected chi connectivity index (χ3v) is 10.8. The summed E-state index contributed by atoms with van der Waals surface area (Å²) >= 11 is 0. The first kappa shape index (κ1) is 42.4. The lowest BCUT2D eigenvalue weighted by Gasteiger charge is -2.33. The van der Waals surface area contributed by atoms with Crippen LogP contribution in [-0.2, 0) is 0 Å². The number of hydrogen-bond donors (Lipinski definition) is 0. The molecule has 280 valence electrons. The third-order valence-electron chi connectivity index (χ3n) is 10.8. The average Bonchev–Trinajstić information content (AvgIpc) is 3.17. The molecule has 0 spiro atoms. The van der Waals surface area contributed by atoms with Crippen molar-refractivity contribution in [3.63, 3.8) is 0 Å². The molecule has 0 aliphatic rings. The van der Waals surface area contributed by atoms with Crippen LogP contribution in [0.3, 0.4) is 0 Å². The average molecular weight is 690 g/mol. The summed E-state index contributed by atoms with van der Waals surface area (Å²) in [6.45, 7) is 11.8. The van der Waals surface area contributed by atoms with E-state index in [0.29, 0.717) is 0 Å². The quantitative estimate of drug-likeness (QED) is 0.0518. The SMILES string of the molecule is CCCCCCC(CCCCCC)CN(CC(CCCCCC)CCCCCC)c1ccc(/C=C/c2ccc(/C=C/c3ccccc3)cc2)cc1. The Morgan fingerprint density at radius 1 is 0.373 bits per heavy atom. The zero-order chi connectivity index (χ0) is 36.2. The van der Waals surface area contributed by atoms with Crippen LogP contribution >= 0.6 is 0 Å². The second kappa shape index (κ2) is 27.6. The van der Waals surface area contributed by atoms with Crippen molar-refractivity contribution in [1.82, 2.24) is 0 Å². The van der Waals surface area contributed by atoms with Crippen LogP contribution < -0.4 is 4.90 Å². The number of unbranched alkanes of at least 4 members (excludes halogenated alkanes) is 12. The van der Waals surface area contributed by atoms with Crippen LogP contribution in [0.4, 0.5) is 5.69 Å². The summed E-state index contributed by atoms with van der Waals surface area (Å²) in [6.07, 6.45) is 36.4. The maximum Gasteiger partial charge on any atom is 0.0366 e. The number of nitrogens with zero attached hydrogens (tertiary/aromatic N) is 1. The predicted molar refractivity (Wildman–Crippen MR) is 231 cm³/mol. The van der Waals surface area contributed by atoms with Crippen molar-refractivity contribution in [3.05, 3.63) is 101 Å². The number of rotatable bonds is 29. The Morgan fingerprint density at radius 2 is 0.686 bits per heavy atom. The zero-order valence-corrected chi connectivity index (χ0v) is 33.5. The minimum atomic E-state index is 0.796. The molecule has 0 fully saturated rings. The Morgan fingerprint density at radius 3 is 1.02 bits per heavy atom. The van der Waals surface area contributed by atoms with E-state index in [0.717, 1.165) is 11.8 Å². The first-order chi connectivity index (χ1) is 25.1. The van der Waals surface area contributed by atoms with Crippen molar-refractivity contribution in [1.29, 1.82) is 0 Å². The lowest BCUT2D eigenvalue weighted by Crippen LogP contribution is -2.34. The monoisotopic (exact) mass is 690 g/mol. The molecule has 0 N–H and O–H groups in total. The Kier molecular flexibility index (Phi) is 22.9. The molecular formula is C50H75N. The van der Waals surface area contributed by atoms with Gasteiger partial charge in [-0.1, -0.05) is 221 Å². The molecule has 0 aliphatic heterocycles. The summed E-state index contributed by atoms with van der Waals surface area (Å²) in [7, 11) is 0. The molecule has 0 radical (unpaired) electrons. The Bertz CT molecular complexity index is 1230. The molecule has 0 saturated heterocycles. The first-order valence-electron chi connectivity index (χ1n) is 21.5. The van der Waals surface area contributed by atoms with E-state index < -0.39 is 0 Å². The van der Waals surface area contributed by atoms with Crippen molar-refractivity contribution >= 4 is 30.0 Å². The van der Waals surface area contributed by atoms with Gasteiger partial charge in [0, 0.05) is 18.8 Å². The van der Waals surface area contributed by atoms with Gasteiger partial charge in [-0.15, -0.1) is 0 Å². The minimum absolute atomic E-state index is 0.796. The molecule has 1 heteroatoms. The fourth-order valence-electron chi connectivity index (χ4n) is 7.47. The molecule has 0 aromatic heterocycles. The molecule has 51 heavy (non-hydrogen) atoms. The van der Waals surface area contributed by atoms with Crippen LogP contribution in [-0.4, -0.2) is 13.1 Å². The van der Waals surface area contributed by atoms with Crippen LogP contribution in [0, 0.1) is 11.8 Å². The molecule has 3 aromatic rings. The number of hydrogen-bond acceptors (Lipinski definition) is 1. The molecular weight excluding hydrogens is 615 g/mol. The molecule has 3 rings (SSSR count). The maximum atomic E-state index is 2.84. The van der Waals surface area contributed by atoms with Crippen molar-refractivity contribution in [2.75, 3.05) is 18.0 Å². The number of benzene rings is 3. The highest BCUT2D eigenvalue weighted by Crippen LogP contribution is 2.28. The third kappa shape index (κ3) is 18.8. The molecule has 1 nitrogen and oxygen atoms in total.